The van der Waals surface area contributed by atoms with Gasteiger partial charge in [0.15, 0.2) is 0 Å². The van der Waals surface area contributed by atoms with Crippen LogP contribution in [-0.4, -0.2) is 31.8 Å². The lowest BCUT2D eigenvalue weighted by Gasteiger charge is -2.09. The molecule has 0 aromatic carbocycles. The van der Waals surface area contributed by atoms with Gasteiger partial charge in [-0.2, -0.15) is 5.10 Å². The Bertz CT molecular complexity index is 689. The number of nitrogens with one attached hydrogen (secondary N) is 1. The Morgan fingerprint density at radius 1 is 1.35 bits per heavy atom. The molecule has 1 amide bonds. The van der Waals surface area contributed by atoms with E-state index in [0.29, 0.717) is 18.8 Å². The van der Waals surface area contributed by atoms with Gasteiger partial charge in [0.2, 0.25) is 6.41 Å². The molecule has 0 fully saturated rings. The van der Waals surface area contributed by atoms with Crippen LogP contribution in [0.3, 0.4) is 0 Å². The van der Waals surface area contributed by atoms with Crippen LogP contribution in [0.5, 0.6) is 0 Å². The maximum atomic E-state index is 11.6. The van der Waals surface area contributed by atoms with Crippen LogP contribution in [0.25, 0.3) is 0 Å². The van der Waals surface area contributed by atoms with E-state index in [-0.39, 0.29) is 17.7 Å². The monoisotopic (exact) mass is 276 g/mol. The Morgan fingerprint density at radius 2 is 2.15 bits per heavy atom. The van der Waals surface area contributed by atoms with Crippen LogP contribution in [0, 0.1) is 0 Å². The van der Waals surface area contributed by atoms with E-state index in [2.05, 4.69) is 10.4 Å². The normalized spacial score (nSPS) is 10.2. The van der Waals surface area contributed by atoms with E-state index in [1.54, 1.807) is 6.07 Å². The first-order valence-electron chi connectivity index (χ1n) is 5.77. The lowest BCUT2D eigenvalue weighted by atomic mass is 10.3. The summed E-state index contributed by atoms with van der Waals surface area (Å²) in [6.07, 6.45) is 3.33. The molecule has 20 heavy (non-hydrogen) atoms. The molecule has 2 rings (SSSR count). The highest BCUT2D eigenvalue weighted by Crippen LogP contribution is 2.05. The first kappa shape index (κ1) is 13.5. The Morgan fingerprint density at radius 3 is 2.85 bits per heavy atom. The number of pyridine rings is 1. The van der Waals surface area contributed by atoms with Crippen molar-refractivity contribution in [2.75, 3.05) is 5.32 Å². The van der Waals surface area contributed by atoms with Gasteiger partial charge in [-0.1, -0.05) is 0 Å². The first-order valence-corrected chi connectivity index (χ1v) is 5.77. The van der Waals surface area contributed by atoms with Crippen LogP contribution in [0.2, 0.25) is 0 Å². The molecule has 0 saturated carbocycles. The van der Waals surface area contributed by atoms with Crippen LogP contribution in [0.1, 0.15) is 10.4 Å². The standard InChI is InChI=1S/C12H12N4O4/c17-8-13-10-3-4-14-16(10)6-5-15-7-9(12(19)20)1-2-11(15)18/h1-4,7-8H,5-6H2,(H,13,17)(H,19,20). The second-order valence-electron chi connectivity index (χ2n) is 3.96. The quantitative estimate of drug-likeness (QED) is 0.723. The maximum absolute atomic E-state index is 11.6. The third kappa shape index (κ3) is 2.91. The van der Waals surface area contributed by atoms with Crippen molar-refractivity contribution in [1.29, 1.82) is 0 Å². The number of carboxylic acid groups (broad SMARTS) is 1. The van der Waals surface area contributed by atoms with Gasteiger partial charge in [0.1, 0.15) is 5.82 Å². The topological polar surface area (TPSA) is 106 Å². The van der Waals surface area contributed by atoms with Crippen LogP contribution in [0.4, 0.5) is 5.82 Å². The minimum atomic E-state index is -1.10. The third-order valence-corrected chi connectivity index (χ3v) is 2.71. The first-order chi connectivity index (χ1) is 9.61. The molecule has 0 aliphatic heterocycles. The SMILES string of the molecule is O=CNc1ccnn1CCn1cc(C(=O)O)ccc1=O. The highest BCUT2D eigenvalue weighted by Gasteiger charge is 2.06. The second-order valence-corrected chi connectivity index (χ2v) is 3.96. The summed E-state index contributed by atoms with van der Waals surface area (Å²) >= 11 is 0. The van der Waals surface area contributed by atoms with Crippen molar-refractivity contribution >= 4 is 18.2 Å². The average molecular weight is 276 g/mol. The fraction of sp³-hybridized carbons (Fsp3) is 0.167. The van der Waals surface area contributed by atoms with Crippen molar-refractivity contribution < 1.29 is 14.7 Å². The molecule has 2 aromatic rings. The molecular formula is C12H12N4O4. The number of anilines is 1. The Labute approximate surface area is 113 Å². The number of aromatic carboxylic acids is 1. The number of carbonyl (C=O) groups excluding carboxylic acids is 1. The van der Waals surface area contributed by atoms with Crippen LogP contribution in [-0.2, 0) is 17.9 Å². The Kier molecular flexibility index (Phi) is 3.94. The van der Waals surface area contributed by atoms with Gasteiger partial charge in [-0.15, -0.1) is 0 Å². The van der Waals surface area contributed by atoms with E-state index in [1.165, 1.54) is 33.8 Å². The van der Waals surface area contributed by atoms with Gasteiger partial charge >= 0.3 is 5.97 Å². The summed E-state index contributed by atoms with van der Waals surface area (Å²) in [6, 6.07) is 4.08. The van der Waals surface area contributed by atoms with E-state index in [4.69, 9.17) is 5.11 Å². The number of hydrogen-bond acceptors (Lipinski definition) is 4. The number of carboxylic acids is 1. The molecule has 0 unspecified atom stereocenters. The number of carbonyl (C=O) groups is 2. The predicted octanol–water partition coefficient (Wildman–Crippen LogP) is 0.0115. The van der Waals surface area contributed by atoms with Gasteiger partial charge in [-0.25, -0.2) is 9.48 Å². The molecular weight excluding hydrogens is 264 g/mol. The molecule has 0 spiro atoms. The molecule has 2 aromatic heterocycles. The zero-order valence-corrected chi connectivity index (χ0v) is 10.4. The fourth-order valence-electron chi connectivity index (χ4n) is 1.73. The van der Waals surface area contributed by atoms with Crippen molar-refractivity contribution in [3.8, 4) is 0 Å². The highest BCUT2D eigenvalue weighted by atomic mass is 16.4. The van der Waals surface area contributed by atoms with Gasteiger partial charge in [-0.3, -0.25) is 9.59 Å². The number of hydrogen-bond donors (Lipinski definition) is 2. The third-order valence-electron chi connectivity index (χ3n) is 2.71. The van der Waals surface area contributed by atoms with Gasteiger partial charge in [0.25, 0.3) is 5.56 Å². The summed E-state index contributed by atoms with van der Waals surface area (Å²) in [5.41, 5.74) is -0.261. The number of nitrogens with zero attached hydrogens (tertiary/aromatic N) is 3. The molecule has 8 nitrogen and oxygen atoms in total. The molecule has 2 heterocycles. The highest BCUT2D eigenvalue weighted by molar-refractivity contribution is 5.87. The molecule has 0 aliphatic rings. The minimum absolute atomic E-state index is 0.0382. The fourth-order valence-corrected chi connectivity index (χ4v) is 1.73. The minimum Gasteiger partial charge on any atom is -0.478 e. The van der Waals surface area contributed by atoms with Gasteiger partial charge in [0.05, 0.1) is 18.3 Å². The molecule has 2 N–H and O–H groups in total. The van der Waals surface area contributed by atoms with Gasteiger partial charge in [0, 0.05) is 24.9 Å². The number of aromatic nitrogens is 3. The van der Waals surface area contributed by atoms with Gasteiger partial charge < -0.3 is 15.0 Å². The van der Waals surface area contributed by atoms with Crippen molar-refractivity contribution in [3.63, 3.8) is 0 Å². The zero-order valence-electron chi connectivity index (χ0n) is 10.4. The summed E-state index contributed by atoms with van der Waals surface area (Å²) in [6.45, 7) is 0.571. The van der Waals surface area contributed by atoms with E-state index >= 15 is 0 Å². The van der Waals surface area contributed by atoms with Gasteiger partial charge in [-0.05, 0) is 6.07 Å². The largest absolute Gasteiger partial charge is 0.478 e. The van der Waals surface area contributed by atoms with Crippen LogP contribution >= 0.6 is 0 Å². The summed E-state index contributed by atoms with van der Waals surface area (Å²) in [4.78, 5) is 32.9. The van der Waals surface area contributed by atoms with Crippen molar-refractivity contribution in [2.24, 2.45) is 0 Å². The summed E-state index contributed by atoms with van der Waals surface area (Å²) in [7, 11) is 0. The number of amides is 1. The number of aryl methyl sites for hydroxylation is 2. The van der Waals surface area contributed by atoms with Crippen LogP contribution < -0.4 is 10.9 Å². The molecule has 0 bridgehead atoms. The van der Waals surface area contributed by atoms with Crippen molar-refractivity contribution in [1.82, 2.24) is 14.3 Å². The van der Waals surface area contributed by atoms with E-state index in [9.17, 15) is 14.4 Å². The smallest absolute Gasteiger partial charge is 0.337 e. The molecule has 104 valence electrons. The molecule has 0 radical (unpaired) electrons. The lowest BCUT2D eigenvalue weighted by Crippen LogP contribution is -2.23. The van der Waals surface area contributed by atoms with E-state index in [0.717, 1.165) is 0 Å². The average Bonchev–Trinajstić information content (AvgIpc) is 2.85. The Hall–Kier alpha value is -2.90. The summed E-state index contributed by atoms with van der Waals surface area (Å²) in [5, 5.41) is 15.4. The van der Waals surface area contributed by atoms with E-state index < -0.39 is 5.97 Å². The molecule has 0 saturated heterocycles. The van der Waals surface area contributed by atoms with Crippen molar-refractivity contribution in [3.05, 3.63) is 46.5 Å². The molecule has 8 heteroatoms. The zero-order chi connectivity index (χ0) is 14.5. The summed E-state index contributed by atoms with van der Waals surface area (Å²) < 4.78 is 2.80. The maximum Gasteiger partial charge on any atom is 0.337 e. The van der Waals surface area contributed by atoms with Crippen LogP contribution in [0.15, 0.2) is 35.4 Å². The Balaban J connectivity index is 2.16. The molecule has 0 aliphatic carbocycles. The predicted molar refractivity (Wildman–Crippen MR) is 69.6 cm³/mol. The number of rotatable bonds is 6. The van der Waals surface area contributed by atoms with Crippen molar-refractivity contribution in [2.45, 2.75) is 13.1 Å². The lowest BCUT2D eigenvalue weighted by molar-refractivity contribution is -0.105. The second kappa shape index (κ2) is 5.83. The molecule has 0 atom stereocenters. The van der Waals surface area contributed by atoms with E-state index in [1.807, 2.05) is 0 Å². The summed E-state index contributed by atoms with van der Waals surface area (Å²) in [5.74, 6) is -0.594.